The molecule has 0 radical (unpaired) electrons. The van der Waals surface area contributed by atoms with Crippen molar-refractivity contribution in [2.24, 2.45) is 5.92 Å². The first-order chi connectivity index (χ1) is 17.4. The summed E-state index contributed by atoms with van der Waals surface area (Å²) in [5.74, 6) is 1.14. The number of H-pyrrole nitrogens is 1. The van der Waals surface area contributed by atoms with Gasteiger partial charge in [-0.1, -0.05) is 63.1 Å². The van der Waals surface area contributed by atoms with E-state index in [9.17, 15) is 4.79 Å². The number of fused-ring (bicyclic) bond motifs is 1. The summed E-state index contributed by atoms with van der Waals surface area (Å²) < 4.78 is 1.93. The first-order valence-corrected chi connectivity index (χ1v) is 13.1. The molecule has 2 aromatic heterocycles. The van der Waals surface area contributed by atoms with Gasteiger partial charge in [0.25, 0.3) is 5.56 Å². The van der Waals surface area contributed by atoms with Crippen LogP contribution in [0, 0.1) is 19.8 Å². The van der Waals surface area contributed by atoms with Crippen molar-refractivity contribution in [3.05, 3.63) is 87.0 Å². The van der Waals surface area contributed by atoms with Crippen LogP contribution in [-0.2, 0) is 13.1 Å². The van der Waals surface area contributed by atoms with Gasteiger partial charge < -0.3 is 4.98 Å². The highest BCUT2D eigenvalue weighted by molar-refractivity contribution is 5.83. The molecule has 1 N–H and O–H groups in total. The van der Waals surface area contributed by atoms with Gasteiger partial charge >= 0.3 is 0 Å². The van der Waals surface area contributed by atoms with Crippen molar-refractivity contribution < 1.29 is 0 Å². The van der Waals surface area contributed by atoms with Crippen LogP contribution in [0.15, 0.2) is 53.3 Å². The molecule has 7 heteroatoms. The number of hydrogen-bond donors (Lipinski definition) is 1. The Morgan fingerprint density at radius 2 is 1.83 bits per heavy atom. The van der Waals surface area contributed by atoms with Gasteiger partial charge in [-0.2, -0.15) is 0 Å². The fraction of sp³-hybridized carbons (Fsp3) is 0.448. The summed E-state index contributed by atoms with van der Waals surface area (Å²) in [6, 6.07) is 17.0. The van der Waals surface area contributed by atoms with Crippen molar-refractivity contribution in [3.63, 3.8) is 0 Å². The number of nitrogens with one attached hydrogen (secondary N) is 1. The minimum Gasteiger partial charge on any atom is -0.322 e. The van der Waals surface area contributed by atoms with Crippen LogP contribution < -0.4 is 5.56 Å². The molecule has 5 rings (SSSR count). The van der Waals surface area contributed by atoms with Crippen LogP contribution in [0.4, 0.5) is 0 Å². The summed E-state index contributed by atoms with van der Waals surface area (Å²) in [5.41, 5.74) is 5.19. The number of aryl methyl sites for hydroxylation is 2. The highest BCUT2D eigenvalue weighted by Crippen LogP contribution is 2.36. The molecule has 7 nitrogen and oxygen atoms in total. The zero-order chi connectivity index (χ0) is 25.2. The fourth-order valence-corrected chi connectivity index (χ4v) is 5.84. The number of aromatic nitrogens is 5. The van der Waals surface area contributed by atoms with E-state index in [0.717, 1.165) is 46.3 Å². The quantitative estimate of drug-likeness (QED) is 0.366. The standard InChI is InChI=1S/C29H36N6O/c1-19(2)27(28-31-32-33-35(28)17-22-10-6-5-7-11-22)34(24-12-8-9-13-24)18-23-16-25-21(4)14-20(3)15-26(25)30-29(23)36/h5-7,10-11,14-16,19,24,27H,8-9,12-13,17-18H2,1-4H3,(H,30,36). The number of aromatic amines is 1. The van der Waals surface area contributed by atoms with Crippen LogP contribution in [0.2, 0.25) is 0 Å². The summed E-state index contributed by atoms with van der Waals surface area (Å²) >= 11 is 0. The Balaban J connectivity index is 1.54. The van der Waals surface area contributed by atoms with E-state index in [1.807, 2.05) is 22.9 Å². The predicted octanol–water partition coefficient (Wildman–Crippen LogP) is 5.32. The van der Waals surface area contributed by atoms with Gasteiger partial charge in [-0.05, 0) is 71.9 Å². The number of nitrogens with zero attached hydrogens (tertiary/aromatic N) is 5. The third kappa shape index (κ3) is 4.98. The van der Waals surface area contributed by atoms with Crippen molar-refractivity contribution in [1.82, 2.24) is 30.1 Å². The van der Waals surface area contributed by atoms with E-state index in [-0.39, 0.29) is 17.5 Å². The molecule has 2 aromatic carbocycles. The molecule has 0 spiro atoms. The summed E-state index contributed by atoms with van der Waals surface area (Å²) in [5, 5.41) is 14.1. The molecule has 0 bridgehead atoms. The molecule has 0 saturated heterocycles. The van der Waals surface area contributed by atoms with Gasteiger partial charge in [0.2, 0.25) is 0 Å². The lowest BCUT2D eigenvalue weighted by Crippen LogP contribution is -2.41. The molecule has 2 heterocycles. The number of tetrazole rings is 1. The minimum atomic E-state index is -0.0121. The molecular weight excluding hydrogens is 448 g/mol. The van der Waals surface area contributed by atoms with Gasteiger partial charge in [0.1, 0.15) is 0 Å². The number of rotatable bonds is 8. The second kappa shape index (κ2) is 10.3. The maximum atomic E-state index is 13.3. The van der Waals surface area contributed by atoms with E-state index < -0.39 is 0 Å². The molecule has 1 unspecified atom stereocenters. The van der Waals surface area contributed by atoms with Gasteiger partial charge in [-0.3, -0.25) is 9.69 Å². The van der Waals surface area contributed by atoms with E-state index in [1.54, 1.807) is 0 Å². The average molecular weight is 485 g/mol. The van der Waals surface area contributed by atoms with Crippen LogP contribution in [-0.4, -0.2) is 36.1 Å². The molecule has 188 valence electrons. The van der Waals surface area contributed by atoms with Gasteiger partial charge in [-0.25, -0.2) is 4.68 Å². The summed E-state index contributed by atoms with van der Waals surface area (Å²) in [6.45, 7) is 9.83. The Kier molecular flexibility index (Phi) is 7.01. The van der Waals surface area contributed by atoms with Crippen LogP contribution in [0.5, 0.6) is 0 Å². The SMILES string of the molecule is Cc1cc(C)c2cc(CN(C3CCCC3)C(c3nnnn3Cc3ccccc3)C(C)C)c(=O)[nH]c2c1. The zero-order valence-electron chi connectivity index (χ0n) is 21.7. The maximum Gasteiger partial charge on any atom is 0.252 e. The number of pyridine rings is 1. The predicted molar refractivity (Wildman–Crippen MR) is 143 cm³/mol. The average Bonchev–Trinajstić information content (AvgIpc) is 3.52. The van der Waals surface area contributed by atoms with E-state index in [4.69, 9.17) is 0 Å². The van der Waals surface area contributed by atoms with Crippen molar-refractivity contribution in [2.75, 3.05) is 0 Å². The lowest BCUT2D eigenvalue weighted by Gasteiger charge is -2.38. The summed E-state index contributed by atoms with van der Waals surface area (Å²) in [6.07, 6.45) is 4.70. The second-order valence-corrected chi connectivity index (χ2v) is 10.6. The van der Waals surface area contributed by atoms with Crippen LogP contribution in [0.25, 0.3) is 10.9 Å². The van der Waals surface area contributed by atoms with Crippen molar-refractivity contribution in [2.45, 2.75) is 78.6 Å². The summed E-state index contributed by atoms with van der Waals surface area (Å²) in [4.78, 5) is 18.9. The van der Waals surface area contributed by atoms with Crippen molar-refractivity contribution in [1.29, 1.82) is 0 Å². The molecule has 1 atom stereocenters. The van der Waals surface area contributed by atoms with Gasteiger partial charge in [0.05, 0.1) is 12.6 Å². The normalized spacial score (nSPS) is 15.4. The number of hydrogen-bond acceptors (Lipinski definition) is 5. The Labute approximate surface area is 212 Å². The van der Waals surface area contributed by atoms with E-state index >= 15 is 0 Å². The molecule has 1 saturated carbocycles. The second-order valence-electron chi connectivity index (χ2n) is 10.6. The lowest BCUT2D eigenvalue weighted by molar-refractivity contribution is 0.0844. The molecule has 36 heavy (non-hydrogen) atoms. The fourth-order valence-electron chi connectivity index (χ4n) is 5.84. The van der Waals surface area contributed by atoms with Gasteiger partial charge in [0.15, 0.2) is 5.82 Å². The smallest absolute Gasteiger partial charge is 0.252 e. The number of benzene rings is 2. The van der Waals surface area contributed by atoms with E-state index in [1.165, 1.54) is 18.4 Å². The highest BCUT2D eigenvalue weighted by atomic mass is 16.1. The van der Waals surface area contributed by atoms with E-state index in [2.05, 4.69) is 83.4 Å². The largest absolute Gasteiger partial charge is 0.322 e. The van der Waals surface area contributed by atoms with E-state index in [0.29, 0.717) is 19.1 Å². The molecular formula is C29H36N6O. The third-order valence-electron chi connectivity index (χ3n) is 7.52. The minimum absolute atomic E-state index is 0.000948. The summed E-state index contributed by atoms with van der Waals surface area (Å²) in [7, 11) is 0. The molecule has 0 aliphatic heterocycles. The van der Waals surface area contributed by atoms with Crippen LogP contribution >= 0.6 is 0 Å². The van der Waals surface area contributed by atoms with Crippen molar-refractivity contribution >= 4 is 10.9 Å². The van der Waals surface area contributed by atoms with Crippen molar-refractivity contribution in [3.8, 4) is 0 Å². The lowest BCUT2D eigenvalue weighted by atomic mass is 9.97. The maximum absolute atomic E-state index is 13.3. The van der Waals surface area contributed by atoms with Gasteiger partial charge in [0, 0.05) is 29.1 Å². The molecule has 0 amide bonds. The Hall–Kier alpha value is -3.32. The Bertz CT molecular complexity index is 1380. The first kappa shape index (κ1) is 24.4. The molecule has 4 aromatic rings. The topological polar surface area (TPSA) is 79.7 Å². The third-order valence-corrected chi connectivity index (χ3v) is 7.52. The van der Waals surface area contributed by atoms with Crippen LogP contribution in [0.1, 0.15) is 73.7 Å². The van der Waals surface area contributed by atoms with Gasteiger partial charge in [-0.15, -0.1) is 5.10 Å². The molecule has 1 aliphatic rings. The van der Waals surface area contributed by atoms with Crippen LogP contribution in [0.3, 0.4) is 0 Å². The first-order valence-electron chi connectivity index (χ1n) is 13.1. The highest BCUT2D eigenvalue weighted by Gasteiger charge is 2.35. The monoisotopic (exact) mass is 484 g/mol. The molecule has 1 fully saturated rings. The Morgan fingerprint density at radius 3 is 2.56 bits per heavy atom. The molecule has 1 aliphatic carbocycles. The Morgan fingerprint density at radius 1 is 1.08 bits per heavy atom. The zero-order valence-corrected chi connectivity index (χ0v) is 21.7.